The Morgan fingerprint density at radius 1 is 1.16 bits per heavy atom. The first-order chi connectivity index (χ1) is 9.04. The number of halogens is 3. The molecule has 1 aromatic rings. The lowest BCUT2D eigenvalue weighted by Crippen LogP contribution is -2.12. The van der Waals surface area contributed by atoms with Crippen molar-refractivity contribution in [2.45, 2.75) is 12.6 Å². The molecule has 0 aliphatic carbocycles. The lowest BCUT2D eigenvalue weighted by Gasteiger charge is -2.07. The van der Waals surface area contributed by atoms with Gasteiger partial charge in [0.25, 0.3) is 0 Å². The summed E-state index contributed by atoms with van der Waals surface area (Å²) in [6, 6.07) is 2.14. The summed E-state index contributed by atoms with van der Waals surface area (Å²) in [6.45, 7) is 2.16. The van der Waals surface area contributed by atoms with Crippen LogP contribution in [0.2, 0.25) is 0 Å². The predicted molar refractivity (Wildman–Crippen MR) is 62.8 cm³/mol. The molecule has 0 saturated carbocycles. The van der Waals surface area contributed by atoms with Gasteiger partial charge in [0, 0.05) is 20.3 Å². The summed E-state index contributed by atoms with van der Waals surface area (Å²) in [5.74, 6) is 0.310. The van der Waals surface area contributed by atoms with Crippen LogP contribution in [-0.2, 0) is 15.7 Å². The van der Waals surface area contributed by atoms with E-state index in [0.29, 0.717) is 38.6 Å². The second kappa shape index (κ2) is 7.90. The van der Waals surface area contributed by atoms with Crippen molar-refractivity contribution in [3.63, 3.8) is 0 Å². The molecule has 1 N–H and O–H groups in total. The second-order valence-corrected chi connectivity index (χ2v) is 3.69. The minimum Gasteiger partial charge on any atom is -0.382 e. The third-order valence-electron chi connectivity index (χ3n) is 2.16. The maximum Gasteiger partial charge on any atom is 0.435 e. The number of anilines is 1. The van der Waals surface area contributed by atoms with Gasteiger partial charge < -0.3 is 14.8 Å². The van der Waals surface area contributed by atoms with Crippen LogP contribution in [0, 0.1) is 0 Å². The molecule has 0 amide bonds. The highest BCUT2D eigenvalue weighted by Gasteiger charge is 2.32. The minimum absolute atomic E-state index is 0.310. The van der Waals surface area contributed by atoms with E-state index in [1.54, 1.807) is 7.11 Å². The van der Waals surface area contributed by atoms with Crippen LogP contribution in [-0.4, -0.2) is 43.7 Å². The Labute approximate surface area is 109 Å². The molecule has 8 heteroatoms. The minimum atomic E-state index is -4.46. The Kier molecular flexibility index (Phi) is 6.51. The van der Waals surface area contributed by atoms with E-state index >= 15 is 0 Å². The van der Waals surface area contributed by atoms with Crippen molar-refractivity contribution in [1.82, 2.24) is 10.2 Å². The number of hydrogen-bond donors (Lipinski definition) is 1. The molecule has 1 aromatic heterocycles. The first kappa shape index (κ1) is 15.6. The number of alkyl halides is 3. The number of methoxy groups -OCH3 is 1. The first-order valence-electron chi connectivity index (χ1n) is 5.75. The zero-order chi connectivity index (χ0) is 14.1. The van der Waals surface area contributed by atoms with Crippen molar-refractivity contribution < 1.29 is 22.6 Å². The van der Waals surface area contributed by atoms with E-state index in [1.807, 2.05) is 0 Å². The van der Waals surface area contributed by atoms with Crippen LogP contribution >= 0.6 is 0 Å². The van der Waals surface area contributed by atoms with E-state index in [9.17, 15) is 13.2 Å². The summed E-state index contributed by atoms with van der Waals surface area (Å²) in [4.78, 5) is 0. The maximum atomic E-state index is 12.2. The molecular weight excluding hydrogens is 263 g/mol. The van der Waals surface area contributed by atoms with Gasteiger partial charge in [-0.2, -0.15) is 13.2 Å². The molecule has 0 radical (unpaired) electrons. The van der Waals surface area contributed by atoms with Gasteiger partial charge in [0.2, 0.25) is 0 Å². The van der Waals surface area contributed by atoms with Crippen LogP contribution in [0.3, 0.4) is 0 Å². The number of rotatable bonds is 8. The topological polar surface area (TPSA) is 56.3 Å². The number of hydrogen-bond acceptors (Lipinski definition) is 5. The Bertz CT molecular complexity index is 357. The quantitative estimate of drug-likeness (QED) is 0.737. The Morgan fingerprint density at radius 2 is 1.95 bits per heavy atom. The van der Waals surface area contributed by atoms with E-state index < -0.39 is 11.9 Å². The fourth-order valence-electron chi connectivity index (χ4n) is 1.21. The van der Waals surface area contributed by atoms with Gasteiger partial charge in [0.1, 0.15) is 5.82 Å². The molecule has 0 saturated heterocycles. The van der Waals surface area contributed by atoms with Gasteiger partial charge in [-0.15, -0.1) is 10.2 Å². The Hall–Kier alpha value is -1.41. The van der Waals surface area contributed by atoms with Crippen molar-refractivity contribution >= 4 is 5.82 Å². The summed E-state index contributed by atoms with van der Waals surface area (Å²) >= 11 is 0. The Morgan fingerprint density at radius 3 is 2.53 bits per heavy atom. The van der Waals surface area contributed by atoms with E-state index in [1.165, 1.54) is 6.07 Å². The molecule has 5 nitrogen and oxygen atoms in total. The van der Waals surface area contributed by atoms with Crippen LogP contribution in [0.5, 0.6) is 0 Å². The maximum absolute atomic E-state index is 12.2. The number of aromatic nitrogens is 2. The zero-order valence-corrected chi connectivity index (χ0v) is 10.5. The fourth-order valence-corrected chi connectivity index (χ4v) is 1.21. The van der Waals surface area contributed by atoms with Gasteiger partial charge in [0.05, 0.1) is 13.2 Å². The van der Waals surface area contributed by atoms with Gasteiger partial charge >= 0.3 is 6.18 Å². The zero-order valence-electron chi connectivity index (χ0n) is 10.5. The highest BCUT2D eigenvalue weighted by atomic mass is 19.4. The van der Waals surface area contributed by atoms with E-state index in [0.717, 1.165) is 6.07 Å². The van der Waals surface area contributed by atoms with Crippen LogP contribution in [0.25, 0.3) is 0 Å². The Balaban J connectivity index is 2.20. The summed E-state index contributed by atoms with van der Waals surface area (Å²) in [5.41, 5.74) is -0.999. The van der Waals surface area contributed by atoms with Crippen LogP contribution in [0.1, 0.15) is 12.1 Å². The van der Waals surface area contributed by atoms with Gasteiger partial charge in [-0.3, -0.25) is 0 Å². The molecule has 0 atom stereocenters. The van der Waals surface area contributed by atoms with Crippen LogP contribution < -0.4 is 5.32 Å². The third-order valence-corrected chi connectivity index (χ3v) is 2.16. The fraction of sp³-hybridized carbons (Fsp3) is 0.636. The molecular formula is C11H16F3N3O2. The number of nitrogens with zero attached hydrogens (tertiary/aromatic N) is 2. The summed E-state index contributed by atoms with van der Waals surface area (Å²) < 4.78 is 46.7. The van der Waals surface area contributed by atoms with Crippen LogP contribution in [0.15, 0.2) is 12.1 Å². The number of ether oxygens (including phenoxy) is 2. The van der Waals surface area contributed by atoms with Crippen molar-refractivity contribution in [2.24, 2.45) is 0 Å². The second-order valence-electron chi connectivity index (χ2n) is 3.69. The van der Waals surface area contributed by atoms with E-state index in [4.69, 9.17) is 9.47 Å². The van der Waals surface area contributed by atoms with E-state index in [2.05, 4.69) is 15.5 Å². The highest BCUT2D eigenvalue weighted by Crippen LogP contribution is 2.26. The lowest BCUT2D eigenvalue weighted by atomic mass is 10.3. The molecule has 0 aromatic carbocycles. The van der Waals surface area contributed by atoms with Crippen LogP contribution in [0.4, 0.5) is 19.0 Å². The molecule has 0 aliphatic rings. The number of nitrogens with one attached hydrogen (secondary N) is 1. The highest BCUT2D eigenvalue weighted by molar-refractivity contribution is 5.33. The average molecular weight is 279 g/mol. The third kappa shape index (κ3) is 6.35. The average Bonchev–Trinajstić information content (AvgIpc) is 2.37. The molecule has 108 valence electrons. The molecule has 19 heavy (non-hydrogen) atoms. The monoisotopic (exact) mass is 279 g/mol. The van der Waals surface area contributed by atoms with Crippen molar-refractivity contribution in [3.8, 4) is 0 Å². The molecule has 1 rings (SSSR count). The smallest absolute Gasteiger partial charge is 0.382 e. The van der Waals surface area contributed by atoms with Gasteiger partial charge in [-0.05, 0) is 18.6 Å². The van der Waals surface area contributed by atoms with Crippen molar-refractivity contribution in [3.05, 3.63) is 17.8 Å². The molecule has 0 spiro atoms. The molecule has 0 bridgehead atoms. The molecule has 0 aliphatic heterocycles. The standard InChI is InChI=1S/C11H16F3N3O2/c1-18-7-8-19-6-2-5-15-10-4-3-9(16-17-10)11(12,13)14/h3-4H,2,5-8H2,1H3,(H,15,17). The van der Waals surface area contributed by atoms with Crippen molar-refractivity contribution in [2.75, 3.05) is 38.8 Å². The molecule has 0 unspecified atom stereocenters. The van der Waals surface area contributed by atoms with Gasteiger partial charge in [0.15, 0.2) is 5.69 Å². The lowest BCUT2D eigenvalue weighted by molar-refractivity contribution is -0.141. The summed E-state index contributed by atoms with van der Waals surface area (Å²) in [5, 5.41) is 9.42. The molecule has 1 heterocycles. The van der Waals surface area contributed by atoms with E-state index in [-0.39, 0.29) is 0 Å². The SMILES string of the molecule is COCCOCCCNc1ccc(C(F)(F)F)nn1. The summed E-state index contributed by atoms with van der Waals surface area (Å²) in [6.07, 6.45) is -3.74. The predicted octanol–water partition coefficient (Wildman–Crippen LogP) is 1.96. The largest absolute Gasteiger partial charge is 0.435 e. The molecule has 0 fully saturated rings. The van der Waals surface area contributed by atoms with Gasteiger partial charge in [-0.25, -0.2) is 0 Å². The van der Waals surface area contributed by atoms with Crippen molar-refractivity contribution in [1.29, 1.82) is 0 Å². The first-order valence-corrected chi connectivity index (χ1v) is 5.75. The van der Waals surface area contributed by atoms with Gasteiger partial charge in [-0.1, -0.05) is 0 Å². The summed E-state index contributed by atoms with van der Waals surface area (Å²) in [7, 11) is 1.59. The normalized spacial score (nSPS) is 11.6.